The van der Waals surface area contributed by atoms with Crippen LogP contribution in [0.5, 0.6) is 5.75 Å². The molecule has 0 bridgehead atoms. The lowest BCUT2D eigenvalue weighted by molar-refractivity contribution is -0.140. The molecule has 2 aromatic rings. The number of aryl methyl sites for hydroxylation is 2. The number of rotatable bonds is 9. The van der Waals surface area contributed by atoms with Gasteiger partial charge in [-0.15, -0.1) is 0 Å². The predicted octanol–water partition coefficient (Wildman–Crippen LogP) is 3.93. The summed E-state index contributed by atoms with van der Waals surface area (Å²) in [4.78, 5) is 36.5. The summed E-state index contributed by atoms with van der Waals surface area (Å²) in [5, 5.41) is 12.2. The molecule has 1 fully saturated rings. The maximum atomic E-state index is 12.6. The van der Waals surface area contributed by atoms with E-state index in [1.54, 1.807) is 24.3 Å². The second-order valence-corrected chi connectivity index (χ2v) is 9.46. The molecular formula is C27H34N2O5. The van der Waals surface area contributed by atoms with E-state index in [-0.39, 0.29) is 17.7 Å². The normalized spacial score (nSPS) is 15.9. The maximum Gasteiger partial charge on any atom is 0.344 e. The minimum Gasteiger partial charge on any atom is -0.481 e. The van der Waals surface area contributed by atoms with Crippen LogP contribution in [0.1, 0.15) is 65.6 Å². The zero-order valence-corrected chi connectivity index (χ0v) is 19.9. The van der Waals surface area contributed by atoms with Gasteiger partial charge in [-0.3, -0.25) is 9.59 Å². The lowest BCUT2D eigenvalue weighted by Gasteiger charge is -2.36. The number of hydrogen-bond acceptors (Lipinski definition) is 5. The first-order chi connectivity index (χ1) is 16.2. The first-order valence-corrected chi connectivity index (χ1v) is 11.8. The van der Waals surface area contributed by atoms with Crippen LogP contribution in [0.2, 0.25) is 0 Å². The zero-order chi connectivity index (χ0) is 24.7. The molecule has 1 aliphatic rings. The van der Waals surface area contributed by atoms with E-state index in [0.29, 0.717) is 24.3 Å². The molecule has 1 aliphatic carbocycles. The summed E-state index contributed by atoms with van der Waals surface area (Å²) in [5.74, 6) is -1.11. The monoisotopic (exact) mass is 466 g/mol. The first kappa shape index (κ1) is 25.4. The number of nitrogens with one attached hydrogen (secondary N) is 1. The molecule has 0 saturated heterocycles. The van der Waals surface area contributed by atoms with Crippen LogP contribution in [0.4, 0.5) is 0 Å². The van der Waals surface area contributed by atoms with Gasteiger partial charge in [-0.25, -0.2) is 4.79 Å². The van der Waals surface area contributed by atoms with Crippen molar-refractivity contribution < 1.29 is 24.2 Å². The molecule has 0 radical (unpaired) electrons. The summed E-state index contributed by atoms with van der Waals surface area (Å²) in [6, 6.07) is 11.8. The molecule has 3 rings (SSSR count). The summed E-state index contributed by atoms with van der Waals surface area (Å²) in [5.41, 5.74) is 8.85. The van der Waals surface area contributed by atoms with Crippen LogP contribution in [0, 0.1) is 19.3 Å². The van der Waals surface area contributed by atoms with E-state index < -0.39 is 18.0 Å². The van der Waals surface area contributed by atoms with E-state index >= 15 is 0 Å². The number of carboxylic acid groups (broad SMARTS) is 1. The fraction of sp³-hybridized carbons (Fsp3) is 0.444. The molecular weight excluding hydrogens is 432 g/mol. The molecule has 34 heavy (non-hydrogen) atoms. The van der Waals surface area contributed by atoms with Crippen molar-refractivity contribution in [3.8, 4) is 5.75 Å². The van der Waals surface area contributed by atoms with Gasteiger partial charge in [0.25, 0.3) is 0 Å². The molecule has 7 nitrogen and oxygen atoms in total. The molecule has 0 unspecified atom stereocenters. The highest BCUT2D eigenvalue weighted by Crippen LogP contribution is 2.38. The Hall–Kier alpha value is -3.19. The van der Waals surface area contributed by atoms with E-state index in [0.717, 1.165) is 48.8 Å². The number of carbonyl (C=O) groups is 3. The molecule has 182 valence electrons. The summed E-state index contributed by atoms with van der Waals surface area (Å²) >= 11 is 0. The van der Waals surface area contributed by atoms with Crippen molar-refractivity contribution in [2.45, 2.75) is 64.8 Å². The number of nitrogens with two attached hydrogens (primary N) is 1. The van der Waals surface area contributed by atoms with Gasteiger partial charge < -0.3 is 20.9 Å². The Morgan fingerprint density at radius 2 is 1.65 bits per heavy atom. The highest BCUT2D eigenvalue weighted by atomic mass is 16.5. The van der Waals surface area contributed by atoms with E-state index in [1.807, 2.05) is 32.0 Å². The molecule has 1 saturated carbocycles. The van der Waals surface area contributed by atoms with Crippen molar-refractivity contribution in [3.05, 3.63) is 64.7 Å². The average Bonchev–Trinajstić information content (AvgIpc) is 2.79. The Labute approximate surface area is 200 Å². The molecule has 4 N–H and O–H groups in total. The number of esters is 1. The SMILES string of the molecule is Cc1cccc(C)c1C(=O)Oc1ccc(C[C@@H](N)C(=O)NCC2(CC(=O)O)CCCCC2)cc1. The Balaban J connectivity index is 1.54. The van der Waals surface area contributed by atoms with Crippen molar-refractivity contribution in [2.24, 2.45) is 11.1 Å². The third-order valence-corrected chi connectivity index (χ3v) is 6.69. The van der Waals surface area contributed by atoms with Crippen LogP contribution in [0.25, 0.3) is 0 Å². The summed E-state index contributed by atoms with van der Waals surface area (Å²) in [6.45, 7) is 4.08. The van der Waals surface area contributed by atoms with Crippen LogP contribution in [0.15, 0.2) is 42.5 Å². The Kier molecular flexibility index (Phi) is 8.45. The summed E-state index contributed by atoms with van der Waals surface area (Å²) < 4.78 is 5.52. The zero-order valence-electron chi connectivity index (χ0n) is 19.9. The number of ether oxygens (including phenoxy) is 1. The van der Waals surface area contributed by atoms with E-state index in [1.165, 1.54) is 0 Å². The van der Waals surface area contributed by atoms with Crippen LogP contribution < -0.4 is 15.8 Å². The van der Waals surface area contributed by atoms with Crippen LogP contribution in [-0.2, 0) is 16.0 Å². The standard InChI is InChI=1S/C27H34N2O5/c1-18-7-6-8-19(2)24(18)26(33)34-21-11-9-20(10-12-21)15-22(28)25(32)29-17-27(16-23(30)31)13-4-3-5-14-27/h6-12,22H,3-5,13-17,28H2,1-2H3,(H,29,32)(H,30,31)/t22-/m1/s1. The van der Waals surface area contributed by atoms with Gasteiger partial charge >= 0.3 is 11.9 Å². The molecule has 0 aliphatic heterocycles. The number of hydrogen-bond donors (Lipinski definition) is 3. The smallest absolute Gasteiger partial charge is 0.344 e. The molecule has 1 amide bonds. The molecule has 0 aromatic heterocycles. The second-order valence-electron chi connectivity index (χ2n) is 9.46. The molecule has 1 atom stereocenters. The fourth-order valence-electron chi connectivity index (χ4n) is 4.78. The van der Waals surface area contributed by atoms with Crippen molar-refractivity contribution in [1.82, 2.24) is 5.32 Å². The first-order valence-electron chi connectivity index (χ1n) is 11.8. The third kappa shape index (κ3) is 6.67. The lowest BCUT2D eigenvalue weighted by Crippen LogP contribution is -2.47. The van der Waals surface area contributed by atoms with Gasteiger partial charge in [0.15, 0.2) is 0 Å². The molecule has 0 spiro atoms. The number of benzene rings is 2. The summed E-state index contributed by atoms with van der Waals surface area (Å²) in [6.07, 6.45) is 5.05. The second kappa shape index (κ2) is 11.3. The van der Waals surface area contributed by atoms with Crippen molar-refractivity contribution in [3.63, 3.8) is 0 Å². The van der Waals surface area contributed by atoms with Gasteiger partial charge in [-0.2, -0.15) is 0 Å². The molecule has 2 aromatic carbocycles. The van der Waals surface area contributed by atoms with Gasteiger partial charge in [0, 0.05) is 6.54 Å². The van der Waals surface area contributed by atoms with Gasteiger partial charge in [0.2, 0.25) is 5.91 Å². The van der Waals surface area contributed by atoms with E-state index in [2.05, 4.69) is 5.32 Å². The Bertz CT molecular complexity index is 1010. The fourth-order valence-corrected chi connectivity index (χ4v) is 4.78. The van der Waals surface area contributed by atoms with E-state index in [9.17, 15) is 19.5 Å². The minimum absolute atomic E-state index is 0.0602. The Morgan fingerprint density at radius 3 is 2.24 bits per heavy atom. The highest BCUT2D eigenvalue weighted by molar-refractivity contribution is 5.94. The van der Waals surface area contributed by atoms with Crippen molar-refractivity contribution in [2.75, 3.05) is 6.54 Å². The number of amides is 1. The lowest BCUT2D eigenvalue weighted by atomic mass is 9.71. The van der Waals surface area contributed by atoms with Gasteiger partial charge in [-0.1, -0.05) is 49.6 Å². The number of carboxylic acids is 1. The number of aliphatic carboxylic acids is 1. The third-order valence-electron chi connectivity index (χ3n) is 6.69. The highest BCUT2D eigenvalue weighted by Gasteiger charge is 2.35. The minimum atomic E-state index is -0.834. The Morgan fingerprint density at radius 1 is 1.03 bits per heavy atom. The average molecular weight is 467 g/mol. The van der Waals surface area contributed by atoms with Crippen molar-refractivity contribution in [1.29, 1.82) is 0 Å². The molecule has 0 heterocycles. The topological polar surface area (TPSA) is 119 Å². The van der Waals surface area contributed by atoms with Crippen LogP contribution >= 0.6 is 0 Å². The quantitative estimate of drug-likeness (QED) is 0.381. The van der Waals surface area contributed by atoms with E-state index in [4.69, 9.17) is 10.5 Å². The van der Waals surface area contributed by atoms with Gasteiger partial charge in [0.05, 0.1) is 18.0 Å². The number of carbonyl (C=O) groups excluding carboxylic acids is 2. The predicted molar refractivity (Wildman–Crippen MR) is 130 cm³/mol. The van der Waals surface area contributed by atoms with Crippen LogP contribution in [-0.4, -0.2) is 35.5 Å². The largest absolute Gasteiger partial charge is 0.481 e. The molecule has 7 heteroatoms. The van der Waals surface area contributed by atoms with Gasteiger partial charge in [0.1, 0.15) is 5.75 Å². The maximum absolute atomic E-state index is 12.6. The van der Waals surface area contributed by atoms with Crippen molar-refractivity contribution >= 4 is 17.8 Å². The van der Waals surface area contributed by atoms with Gasteiger partial charge in [-0.05, 0) is 67.3 Å². The van der Waals surface area contributed by atoms with Crippen LogP contribution in [0.3, 0.4) is 0 Å². The summed E-state index contributed by atoms with van der Waals surface area (Å²) in [7, 11) is 0.